The Hall–Kier alpha value is -1.63. The van der Waals surface area contributed by atoms with Gasteiger partial charge in [-0.05, 0) is 19.8 Å². The number of piperidine rings is 1. The lowest BCUT2D eigenvalue weighted by atomic mass is 9.98. The van der Waals surface area contributed by atoms with Gasteiger partial charge in [0.2, 0.25) is 0 Å². The van der Waals surface area contributed by atoms with Crippen molar-refractivity contribution in [2.24, 2.45) is 10.9 Å². The fraction of sp³-hybridized carbons (Fsp3) is 0.722. The number of rotatable bonds is 4. The zero-order chi connectivity index (χ0) is 18.4. The molecule has 7 heteroatoms. The highest BCUT2D eigenvalue weighted by Crippen LogP contribution is 2.25. The molecule has 1 N–H and O–H groups in total. The molecule has 25 heavy (non-hydrogen) atoms. The molecule has 1 atom stereocenters. The van der Waals surface area contributed by atoms with Gasteiger partial charge in [-0.15, -0.1) is 11.3 Å². The van der Waals surface area contributed by atoms with Crippen LogP contribution in [-0.2, 0) is 21.5 Å². The number of likely N-dealkylation sites (tertiary alicyclic amines) is 1. The minimum atomic E-state index is -0.100. The molecule has 0 radical (unpaired) electrons. The average molecular weight is 367 g/mol. The van der Waals surface area contributed by atoms with Gasteiger partial charge in [-0.3, -0.25) is 9.79 Å². The van der Waals surface area contributed by atoms with Crippen molar-refractivity contribution in [2.45, 2.75) is 52.5 Å². The number of guanidine groups is 1. The molecule has 0 amide bonds. The summed E-state index contributed by atoms with van der Waals surface area (Å²) in [6.07, 6.45) is 1.85. The first-order chi connectivity index (χ1) is 11.8. The zero-order valence-electron chi connectivity index (χ0n) is 16.0. The van der Waals surface area contributed by atoms with Crippen LogP contribution in [0.5, 0.6) is 0 Å². The van der Waals surface area contributed by atoms with Crippen LogP contribution in [0.4, 0.5) is 0 Å². The van der Waals surface area contributed by atoms with Gasteiger partial charge in [0.15, 0.2) is 5.96 Å². The molecule has 2 heterocycles. The van der Waals surface area contributed by atoms with E-state index in [0.29, 0.717) is 19.7 Å². The zero-order valence-corrected chi connectivity index (χ0v) is 16.8. The average Bonchev–Trinajstić information content (AvgIpc) is 3.05. The van der Waals surface area contributed by atoms with E-state index in [2.05, 4.69) is 41.4 Å². The second kappa shape index (κ2) is 8.65. The molecule has 1 aliphatic heterocycles. The minimum absolute atomic E-state index is 0.0704. The molecule has 1 unspecified atom stereocenters. The summed E-state index contributed by atoms with van der Waals surface area (Å²) in [5.41, 5.74) is 1.10. The van der Waals surface area contributed by atoms with E-state index in [-0.39, 0.29) is 17.3 Å². The summed E-state index contributed by atoms with van der Waals surface area (Å²) in [7, 11) is 1.78. The van der Waals surface area contributed by atoms with E-state index < -0.39 is 0 Å². The van der Waals surface area contributed by atoms with E-state index in [0.717, 1.165) is 36.0 Å². The Balaban J connectivity index is 1.93. The Morgan fingerprint density at radius 3 is 2.88 bits per heavy atom. The van der Waals surface area contributed by atoms with Gasteiger partial charge in [0.25, 0.3) is 0 Å². The molecule has 1 aromatic heterocycles. The van der Waals surface area contributed by atoms with E-state index in [1.807, 2.05) is 6.92 Å². The number of aliphatic imine (C=N–C) groups is 1. The van der Waals surface area contributed by atoms with E-state index in [1.165, 1.54) is 0 Å². The van der Waals surface area contributed by atoms with Crippen LogP contribution in [0.2, 0.25) is 0 Å². The van der Waals surface area contributed by atoms with E-state index in [4.69, 9.17) is 9.72 Å². The van der Waals surface area contributed by atoms with Crippen molar-refractivity contribution in [3.63, 3.8) is 0 Å². The fourth-order valence-electron chi connectivity index (χ4n) is 2.86. The third kappa shape index (κ3) is 5.42. The lowest BCUT2D eigenvalue weighted by Crippen LogP contribution is -2.48. The molecule has 2 rings (SSSR count). The SMILES string of the molecule is CCOC(=O)C1CCCN(C(=NC)NCc2csc(C(C)(C)C)n2)C1. The van der Waals surface area contributed by atoms with E-state index in [9.17, 15) is 4.79 Å². The number of carbonyl (C=O) groups excluding carboxylic acids is 1. The summed E-state index contributed by atoms with van der Waals surface area (Å²) >= 11 is 1.70. The summed E-state index contributed by atoms with van der Waals surface area (Å²) in [4.78, 5) is 23.2. The number of esters is 1. The largest absolute Gasteiger partial charge is 0.466 e. The van der Waals surface area contributed by atoms with Gasteiger partial charge in [0.05, 0.1) is 29.8 Å². The molecule has 0 bridgehead atoms. The van der Waals surface area contributed by atoms with Crippen molar-refractivity contribution in [1.29, 1.82) is 0 Å². The van der Waals surface area contributed by atoms with Crippen molar-refractivity contribution >= 4 is 23.3 Å². The number of hydrogen-bond donors (Lipinski definition) is 1. The molecule has 140 valence electrons. The van der Waals surface area contributed by atoms with E-state index >= 15 is 0 Å². The first-order valence-electron chi connectivity index (χ1n) is 8.92. The van der Waals surface area contributed by atoms with Crippen LogP contribution in [0.15, 0.2) is 10.4 Å². The number of aromatic nitrogens is 1. The standard InChI is InChI=1S/C18H30N4O2S/c1-6-24-15(23)13-8-7-9-22(11-13)17(19-5)20-10-14-12-25-16(21-14)18(2,3)4/h12-13H,6-11H2,1-5H3,(H,19,20). The van der Waals surface area contributed by atoms with Crippen LogP contribution >= 0.6 is 11.3 Å². The lowest BCUT2D eigenvalue weighted by molar-refractivity contribution is -0.149. The lowest BCUT2D eigenvalue weighted by Gasteiger charge is -2.33. The van der Waals surface area contributed by atoms with Crippen LogP contribution in [0.25, 0.3) is 0 Å². The third-order valence-corrected chi connectivity index (χ3v) is 5.49. The van der Waals surface area contributed by atoms with Gasteiger partial charge in [0, 0.05) is 30.9 Å². The molecule has 1 fully saturated rings. The smallest absolute Gasteiger partial charge is 0.310 e. The van der Waals surface area contributed by atoms with Crippen molar-refractivity contribution in [3.8, 4) is 0 Å². The van der Waals surface area contributed by atoms with Gasteiger partial charge in [-0.2, -0.15) is 0 Å². The Morgan fingerprint density at radius 2 is 2.28 bits per heavy atom. The maximum absolute atomic E-state index is 12.0. The number of carbonyl (C=O) groups is 1. The number of nitrogens with one attached hydrogen (secondary N) is 1. The maximum atomic E-state index is 12.0. The number of thiazole rings is 1. The molecule has 0 aromatic carbocycles. The van der Waals surface area contributed by atoms with Crippen LogP contribution in [-0.4, -0.2) is 48.6 Å². The van der Waals surface area contributed by atoms with Crippen LogP contribution < -0.4 is 5.32 Å². The summed E-state index contributed by atoms with van der Waals surface area (Å²) in [6.45, 7) is 11.0. The third-order valence-electron chi connectivity index (χ3n) is 4.17. The number of ether oxygens (including phenoxy) is 1. The van der Waals surface area contributed by atoms with Crippen LogP contribution in [0.1, 0.15) is 51.2 Å². The Morgan fingerprint density at radius 1 is 1.52 bits per heavy atom. The molecule has 0 spiro atoms. The quantitative estimate of drug-likeness (QED) is 0.504. The summed E-state index contributed by atoms with van der Waals surface area (Å²) in [6, 6.07) is 0. The Kier molecular flexibility index (Phi) is 6.81. The molecule has 1 aromatic rings. The van der Waals surface area contributed by atoms with Gasteiger partial charge in [-0.1, -0.05) is 20.8 Å². The predicted molar refractivity (Wildman–Crippen MR) is 102 cm³/mol. The minimum Gasteiger partial charge on any atom is -0.466 e. The van der Waals surface area contributed by atoms with Crippen molar-refractivity contribution in [3.05, 3.63) is 16.1 Å². The van der Waals surface area contributed by atoms with Crippen LogP contribution in [0.3, 0.4) is 0 Å². The first-order valence-corrected chi connectivity index (χ1v) is 9.80. The topological polar surface area (TPSA) is 66.8 Å². The second-order valence-corrected chi connectivity index (χ2v) is 8.19. The molecule has 6 nitrogen and oxygen atoms in total. The Bertz CT molecular complexity index is 606. The van der Waals surface area contributed by atoms with Gasteiger partial charge in [-0.25, -0.2) is 4.98 Å². The number of hydrogen-bond acceptors (Lipinski definition) is 5. The number of nitrogens with zero attached hydrogens (tertiary/aromatic N) is 3. The highest BCUT2D eigenvalue weighted by atomic mass is 32.1. The van der Waals surface area contributed by atoms with Crippen LogP contribution in [0, 0.1) is 5.92 Å². The molecule has 0 aliphatic carbocycles. The monoisotopic (exact) mass is 366 g/mol. The van der Waals surface area contributed by atoms with Crippen molar-refractivity contribution in [2.75, 3.05) is 26.7 Å². The van der Waals surface area contributed by atoms with Crippen molar-refractivity contribution in [1.82, 2.24) is 15.2 Å². The highest BCUT2D eigenvalue weighted by Gasteiger charge is 2.28. The van der Waals surface area contributed by atoms with Gasteiger partial charge in [0.1, 0.15) is 0 Å². The highest BCUT2D eigenvalue weighted by molar-refractivity contribution is 7.09. The van der Waals surface area contributed by atoms with Gasteiger partial charge < -0.3 is 15.0 Å². The summed E-state index contributed by atoms with van der Waals surface area (Å²) < 4.78 is 5.17. The predicted octanol–water partition coefficient (Wildman–Crippen LogP) is 2.79. The van der Waals surface area contributed by atoms with Crippen molar-refractivity contribution < 1.29 is 9.53 Å². The molecular weight excluding hydrogens is 336 g/mol. The second-order valence-electron chi connectivity index (χ2n) is 7.33. The molecule has 1 aliphatic rings. The summed E-state index contributed by atoms with van der Waals surface area (Å²) in [5, 5.41) is 6.61. The maximum Gasteiger partial charge on any atom is 0.310 e. The summed E-state index contributed by atoms with van der Waals surface area (Å²) in [5.74, 6) is 0.648. The van der Waals surface area contributed by atoms with E-state index in [1.54, 1.807) is 18.4 Å². The molecule has 0 saturated carbocycles. The first kappa shape index (κ1) is 19.7. The van der Waals surface area contributed by atoms with Gasteiger partial charge >= 0.3 is 5.97 Å². The molecule has 1 saturated heterocycles. The Labute approximate surface area is 154 Å². The normalized spacial score (nSPS) is 19.0. The molecular formula is C18H30N4O2S. The fourth-order valence-corrected chi connectivity index (χ4v) is 3.76.